The van der Waals surface area contributed by atoms with E-state index in [0.717, 1.165) is 34.1 Å². The van der Waals surface area contributed by atoms with E-state index in [1.165, 1.54) is 0 Å². The van der Waals surface area contributed by atoms with Gasteiger partial charge in [0.2, 0.25) is 5.91 Å². The van der Waals surface area contributed by atoms with Crippen molar-refractivity contribution in [1.29, 1.82) is 0 Å². The second-order valence-corrected chi connectivity index (χ2v) is 8.36. The number of rotatable bonds is 4. The highest BCUT2D eigenvalue weighted by molar-refractivity contribution is 6.39. The van der Waals surface area contributed by atoms with E-state index < -0.39 is 17.9 Å². The number of aryl methyl sites for hydroxylation is 2. The van der Waals surface area contributed by atoms with Crippen LogP contribution >= 0.6 is 0 Å². The van der Waals surface area contributed by atoms with Crippen LogP contribution in [-0.2, 0) is 34.3 Å². The number of nitrogens with zero attached hydrogens (tertiary/aromatic N) is 2. The number of carbonyl (C=O) groups excluding carboxylic acids is 3. The lowest BCUT2D eigenvalue weighted by atomic mass is 9.98. The molecule has 3 aromatic rings. The maximum Gasteiger partial charge on any atom is 0.313 e. The molecule has 8 nitrogen and oxygen atoms in total. The zero-order valence-corrected chi connectivity index (χ0v) is 17.7. The third-order valence-corrected chi connectivity index (χ3v) is 6.27. The Morgan fingerprint density at radius 1 is 1.06 bits per heavy atom. The quantitative estimate of drug-likeness (QED) is 0.547. The lowest BCUT2D eigenvalue weighted by Gasteiger charge is -2.25. The summed E-state index contributed by atoms with van der Waals surface area (Å²) in [6.45, 7) is 0.586. The molecule has 3 heterocycles. The van der Waals surface area contributed by atoms with Crippen LogP contribution < -0.4 is 15.5 Å². The topological polar surface area (TPSA) is 104 Å². The van der Waals surface area contributed by atoms with Gasteiger partial charge in [-0.25, -0.2) is 0 Å². The molecule has 0 saturated heterocycles. The Morgan fingerprint density at radius 2 is 1.84 bits per heavy atom. The molecule has 8 heteroatoms. The van der Waals surface area contributed by atoms with Crippen LogP contribution in [0, 0.1) is 0 Å². The van der Waals surface area contributed by atoms with E-state index in [9.17, 15) is 19.5 Å². The number of hydrogen-bond donors (Lipinski definition) is 3. The van der Waals surface area contributed by atoms with Gasteiger partial charge in [0.05, 0.1) is 11.8 Å². The van der Waals surface area contributed by atoms with Gasteiger partial charge in [0.15, 0.2) is 0 Å². The van der Waals surface area contributed by atoms with Crippen molar-refractivity contribution < 1.29 is 19.5 Å². The van der Waals surface area contributed by atoms with Gasteiger partial charge in [-0.2, -0.15) is 0 Å². The van der Waals surface area contributed by atoms with Crippen LogP contribution in [0.1, 0.15) is 29.2 Å². The average Bonchev–Trinajstić information content (AvgIpc) is 3.38. The molecule has 0 unspecified atom stereocenters. The summed E-state index contributed by atoms with van der Waals surface area (Å²) in [6.07, 6.45) is 2.84. The molecule has 0 aliphatic carbocycles. The summed E-state index contributed by atoms with van der Waals surface area (Å²) < 4.78 is 1.99. The van der Waals surface area contributed by atoms with E-state index in [2.05, 4.69) is 10.6 Å². The second-order valence-electron chi connectivity index (χ2n) is 8.36. The molecule has 2 aliphatic heterocycles. The van der Waals surface area contributed by atoms with Crippen molar-refractivity contribution in [3.8, 4) is 0 Å². The summed E-state index contributed by atoms with van der Waals surface area (Å²) >= 11 is 0. The summed E-state index contributed by atoms with van der Waals surface area (Å²) in [7, 11) is 1.95. The Labute approximate surface area is 184 Å². The first kappa shape index (κ1) is 20.3. The van der Waals surface area contributed by atoms with E-state index in [1.54, 1.807) is 4.90 Å². The molecule has 1 aromatic heterocycles. The smallest absolute Gasteiger partial charge is 0.313 e. The lowest BCUT2D eigenvalue weighted by molar-refractivity contribution is -0.136. The molecule has 5 rings (SSSR count). The maximum atomic E-state index is 12.4. The van der Waals surface area contributed by atoms with Crippen LogP contribution in [0.25, 0.3) is 10.9 Å². The van der Waals surface area contributed by atoms with Crippen LogP contribution in [0.15, 0.2) is 42.6 Å². The molecule has 2 aliphatic rings. The molecule has 32 heavy (non-hydrogen) atoms. The fourth-order valence-electron chi connectivity index (χ4n) is 4.61. The number of aliphatic hydroxyl groups excluding tert-OH is 1. The van der Waals surface area contributed by atoms with Crippen molar-refractivity contribution in [3.63, 3.8) is 0 Å². The van der Waals surface area contributed by atoms with Crippen molar-refractivity contribution in [1.82, 2.24) is 9.88 Å². The Hall–Kier alpha value is -3.65. The minimum absolute atomic E-state index is 0.0723. The molecule has 2 aromatic carbocycles. The molecule has 0 bridgehead atoms. The third-order valence-electron chi connectivity index (χ3n) is 6.27. The highest BCUT2D eigenvalue weighted by Crippen LogP contribution is 2.38. The van der Waals surface area contributed by atoms with E-state index in [1.807, 2.05) is 54.2 Å². The predicted molar refractivity (Wildman–Crippen MR) is 120 cm³/mol. The number of aromatic nitrogens is 1. The number of fused-ring (bicyclic) bond motifs is 1. The van der Waals surface area contributed by atoms with E-state index in [-0.39, 0.29) is 12.5 Å². The van der Waals surface area contributed by atoms with Crippen LogP contribution in [-0.4, -0.2) is 40.5 Å². The van der Waals surface area contributed by atoms with Gasteiger partial charge in [-0.15, -0.1) is 0 Å². The summed E-state index contributed by atoms with van der Waals surface area (Å²) in [5, 5.41) is 16.6. The van der Waals surface area contributed by atoms with Gasteiger partial charge < -0.3 is 25.2 Å². The maximum absolute atomic E-state index is 12.4. The van der Waals surface area contributed by atoms with Crippen molar-refractivity contribution in [2.24, 2.45) is 7.05 Å². The van der Waals surface area contributed by atoms with Crippen LogP contribution in [0.4, 0.5) is 11.4 Å². The lowest BCUT2D eigenvalue weighted by Crippen LogP contribution is -2.37. The molecule has 1 atom stereocenters. The van der Waals surface area contributed by atoms with Crippen molar-refractivity contribution >= 4 is 40.0 Å². The monoisotopic (exact) mass is 432 g/mol. The number of nitrogens with one attached hydrogen (secondary N) is 2. The number of anilines is 2. The van der Waals surface area contributed by atoms with Gasteiger partial charge in [-0.3, -0.25) is 14.4 Å². The van der Waals surface area contributed by atoms with E-state index in [0.29, 0.717) is 30.6 Å². The van der Waals surface area contributed by atoms with Crippen molar-refractivity contribution in [2.45, 2.75) is 25.4 Å². The van der Waals surface area contributed by atoms with Crippen LogP contribution in [0.2, 0.25) is 0 Å². The minimum Gasteiger partial charge on any atom is -0.387 e. The van der Waals surface area contributed by atoms with Gasteiger partial charge in [0.1, 0.15) is 0 Å². The minimum atomic E-state index is -0.927. The number of carbonyl (C=O) groups is 3. The van der Waals surface area contributed by atoms with Gasteiger partial charge in [-0.1, -0.05) is 6.07 Å². The highest BCUT2D eigenvalue weighted by Gasteiger charge is 2.31. The molecular weight excluding hydrogens is 408 g/mol. The summed E-state index contributed by atoms with van der Waals surface area (Å²) in [5.41, 5.74) is 5.25. The molecule has 0 radical (unpaired) electrons. The van der Waals surface area contributed by atoms with Crippen LogP contribution in [0.3, 0.4) is 0 Å². The first-order valence-electron chi connectivity index (χ1n) is 10.7. The zero-order chi connectivity index (χ0) is 22.4. The van der Waals surface area contributed by atoms with Gasteiger partial charge in [-0.05, 0) is 65.3 Å². The number of amides is 3. The Bertz CT molecular complexity index is 1260. The Kier molecular flexibility index (Phi) is 4.94. The number of hydrogen-bond acceptors (Lipinski definition) is 4. The van der Waals surface area contributed by atoms with E-state index in [4.69, 9.17) is 0 Å². The molecule has 3 amide bonds. The number of benzene rings is 2. The van der Waals surface area contributed by atoms with E-state index >= 15 is 0 Å². The molecule has 0 saturated carbocycles. The van der Waals surface area contributed by atoms with Crippen molar-refractivity contribution in [3.05, 3.63) is 59.3 Å². The largest absolute Gasteiger partial charge is 0.387 e. The molecule has 0 fully saturated rings. The first-order valence-corrected chi connectivity index (χ1v) is 10.7. The Balaban J connectivity index is 1.22. The molecule has 0 spiro atoms. The SMILES string of the molecule is Cn1ccc2cc([C@H](O)CNC(=O)C(=O)Nc3cc4c5c(c3)CCN5C(=O)CC4)ccc21. The zero-order valence-electron chi connectivity index (χ0n) is 17.7. The summed E-state index contributed by atoms with van der Waals surface area (Å²) in [6, 6.07) is 11.2. The summed E-state index contributed by atoms with van der Waals surface area (Å²) in [5.74, 6) is -1.46. The summed E-state index contributed by atoms with van der Waals surface area (Å²) in [4.78, 5) is 38.6. The number of aliphatic hydroxyl groups is 1. The third kappa shape index (κ3) is 3.52. The fraction of sp³-hybridized carbons (Fsp3) is 0.292. The van der Waals surface area contributed by atoms with Gasteiger partial charge >= 0.3 is 11.8 Å². The standard InChI is InChI=1S/C24H24N4O4/c1-27-8-6-14-10-15(2-4-19(14)27)20(29)13-25-23(31)24(32)26-18-11-16-3-5-21(30)28-9-7-17(12-18)22(16)28/h2,4,6,8,10-12,20,29H,3,5,7,9,13H2,1H3,(H,25,31)(H,26,32)/t20-/m1/s1. The molecule has 3 N–H and O–H groups in total. The van der Waals surface area contributed by atoms with Gasteiger partial charge in [0, 0.05) is 44.0 Å². The molecular formula is C24H24N4O4. The van der Waals surface area contributed by atoms with Gasteiger partial charge in [0.25, 0.3) is 0 Å². The average molecular weight is 432 g/mol. The predicted octanol–water partition coefficient (Wildman–Crippen LogP) is 1.80. The second kappa shape index (κ2) is 7.80. The highest BCUT2D eigenvalue weighted by atomic mass is 16.3. The normalized spacial score (nSPS) is 15.6. The fourth-order valence-corrected chi connectivity index (χ4v) is 4.61. The molecule has 164 valence electrons. The van der Waals surface area contributed by atoms with Crippen molar-refractivity contribution in [2.75, 3.05) is 23.3 Å². The first-order chi connectivity index (χ1) is 15.4. The Morgan fingerprint density at radius 3 is 2.66 bits per heavy atom. The van der Waals surface area contributed by atoms with Crippen LogP contribution in [0.5, 0.6) is 0 Å².